The third-order valence-corrected chi connectivity index (χ3v) is 10.0. The molecule has 6 rings (SSSR count). The van der Waals surface area contributed by atoms with Gasteiger partial charge in [-0.25, -0.2) is 9.37 Å². The molecule has 234 valence electrons. The summed E-state index contributed by atoms with van der Waals surface area (Å²) in [6.07, 6.45) is 5.49. The van der Waals surface area contributed by atoms with Crippen molar-refractivity contribution in [1.29, 1.82) is 0 Å². The van der Waals surface area contributed by atoms with Crippen LogP contribution in [0.2, 0.25) is 5.02 Å². The van der Waals surface area contributed by atoms with E-state index in [1.165, 1.54) is 23.9 Å². The van der Waals surface area contributed by atoms with E-state index in [4.69, 9.17) is 21.3 Å². The fraction of sp³-hybridized carbons (Fsp3) is 0.371. The van der Waals surface area contributed by atoms with Crippen molar-refractivity contribution in [1.82, 2.24) is 14.5 Å². The average molecular weight is 648 g/mol. The van der Waals surface area contributed by atoms with E-state index < -0.39 is 5.60 Å². The number of nitrogens with zero attached hydrogens (tertiary/aromatic N) is 3. The van der Waals surface area contributed by atoms with Crippen LogP contribution >= 0.6 is 23.4 Å². The van der Waals surface area contributed by atoms with Gasteiger partial charge in [-0.2, -0.15) is 0 Å². The van der Waals surface area contributed by atoms with Crippen molar-refractivity contribution in [3.05, 3.63) is 99.6 Å². The number of amides is 1. The van der Waals surface area contributed by atoms with Crippen molar-refractivity contribution in [3.63, 3.8) is 0 Å². The average Bonchev–Trinajstić information content (AvgIpc) is 3.33. The predicted molar refractivity (Wildman–Crippen MR) is 174 cm³/mol. The van der Waals surface area contributed by atoms with Crippen molar-refractivity contribution in [2.45, 2.75) is 62.1 Å². The molecule has 3 heterocycles. The van der Waals surface area contributed by atoms with Crippen LogP contribution in [0.5, 0.6) is 0 Å². The van der Waals surface area contributed by atoms with Crippen molar-refractivity contribution < 1.29 is 18.7 Å². The zero-order valence-corrected chi connectivity index (χ0v) is 26.5. The van der Waals surface area contributed by atoms with Crippen LogP contribution in [-0.2, 0) is 20.7 Å². The van der Waals surface area contributed by atoms with E-state index in [9.17, 15) is 18.8 Å². The molecule has 1 spiro atoms. The molecule has 3 aromatic carbocycles. The van der Waals surface area contributed by atoms with Gasteiger partial charge >= 0.3 is 5.97 Å². The summed E-state index contributed by atoms with van der Waals surface area (Å²) >= 11 is 7.76. The van der Waals surface area contributed by atoms with Gasteiger partial charge in [-0.15, -0.1) is 0 Å². The maximum absolute atomic E-state index is 13.4. The number of rotatable bonds is 10. The van der Waals surface area contributed by atoms with Crippen LogP contribution in [0.3, 0.4) is 0 Å². The lowest BCUT2D eigenvalue weighted by Crippen LogP contribution is -2.46. The number of unbranched alkanes of at least 4 members (excludes halogenated alkanes) is 2. The van der Waals surface area contributed by atoms with Gasteiger partial charge in [0.2, 0.25) is 5.91 Å². The maximum Gasteiger partial charge on any atom is 0.309 e. The highest BCUT2D eigenvalue weighted by Gasteiger charge is 2.48. The number of piperidine rings is 1. The summed E-state index contributed by atoms with van der Waals surface area (Å²) in [6.45, 7) is 1.17. The minimum absolute atomic E-state index is 0.130. The largest absolute Gasteiger partial charge is 0.459 e. The predicted octanol–water partition coefficient (Wildman–Crippen LogP) is 7.00. The molecule has 2 saturated heterocycles. The summed E-state index contributed by atoms with van der Waals surface area (Å²) < 4.78 is 20.8. The molecule has 7 nitrogen and oxygen atoms in total. The van der Waals surface area contributed by atoms with Gasteiger partial charge in [0.25, 0.3) is 5.56 Å². The number of carbonyl (C=O) groups is 2. The Balaban J connectivity index is 0.964. The zero-order valence-electron chi connectivity index (χ0n) is 24.9. The third kappa shape index (κ3) is 7.25. The number of halogens is 2. The minimum Gasteiger partial charge on any atom is -0.459 e. The van der Waals surface area contributed by atoms with Crippen molar-refractivity contribution in [2.24, 2.45) is 5.92 Å². The summed E-state index contributed by atoms with van der Waals surface area (Å²) in [6, 6.07) is 20.8. The summed E-state index contributed by atoms with van der Waals surface area (Å²) in [5, 5.41) is 1.72. The zero-order chi connectivity index (χ0) is 31.4. The van der Waals surface area contributed by atoms with Gasteiger partial charge < -0.3 is 9.64 Å². The first-order valence-corrected chi connectivity index (χ1v) is 16.8. The quantitative estimate of drug-likeness (QED) is 0.0798. The number of thioether (sulfide) groups is 1. The molecule has 0 aliphatic carbocycles. The molecule has 0 saturated carbocycles. The van der Waals surface area contributed by atoms with E-state index in [0.717, 1.165) is 30.6 Å². The van der Waals surface area contributed by atoms with E-state index in [0.29, 0.717) is 72.0 Å². The van der Waals surface area contributed by atoms with Gasteiger partial charge in [-0.3, -0.25) is 19.0 Å². The number of aromatic nitrogens is 2. The van der Waals surface area contributed by atoms with Crippen LogP contribution in [-0.4, -0.2) is 50.8 Å². The smallest absolute Gasteiger partial charge is 0.309 e. The summed E-state index contributed by atoms with van der Waals surface area (Å²) in [5.74, 6) is 0.174. The van der Waals surface area contributed by atoms with E-state index in [1.807, 2.05) is 35.2 Å². The van der Waals surface area contributed by atoms with Gasteiger partial charge in [0.1, 0.15) is 11.4 Å². The Morgan fingerprint density at radius 1 is 1.00 bits per heavy atom. The topological polar surface area (TPSA) is 81.5 Å². The lowest BCUT2D eigenvalue weighted by molar-refractivity contribution is -0.155. The number of hydrogen-bond donors (Lipinski definition) is 0. The molecule has 1 atom stereocenters. The highest BCUT2D eigenvalue weighted by Crippen LogP contribution is 2.40. The molecule has 2 fully saturated rings. The van der Waals surface area contributed by atoms with Gasteiger partial charge in [0.15, 0.2) is 5.16 Å². The van der Waals surface area contributed by atoms with Gasteiger partial charge in [-0.1, -0.05) is 60.1 Å². The Hall–Kier alpha value is -3.69. The normalized spacial score (nSPS) is 17.6. The minimum atomic E-state index is -0.502. The maximum atomic E-state index is 13.4. The highest BCUT2D eigenvalue weighted by molar-refractivity contribution is 7.99. The second kappa shape index (κ2) is 13.7. The highest BCUT2D eigenvalue weighted by atomic mass is 35.5. The number of benzene rings is 3. The molecule has 1 amide bonds. The molecular weight excluding hydrogens is 613 g/mol. The number of para-hydroxylation sites is 1. The second-order valence-corrected chi connectivity index (χ2v) is 13.4. The number of esters is 1. The number of likely N-dealkylation sites (tertiary alicyclic amines) is 1. The first-order valence-electron chi connectivity index (χ1n) is 15.5. The molecule has 0 N–H and O–H groups in total. The van der Waals surface area contributed by atoms with Gasteiger partial charge in [0, 0.05) is 49.5 Å². The number of carbonyl (C=O) groups excluding carboxylic acids is 2. The Morgan fingerprint density at radius 2 is 1.78 bits per heavy atom. The van der Waals surface area contributed by atoms with E-state index in [1.54, 1.807) is 34.9 Å². The standard InChI is InChI=1S/C35H35ClFN3O4S/c36-26-7-6-8-28(22-26)40-32(42)29-9-3-4-10-30(29)38-34(40)45-20-5-1-2-11-31(41)39-18-16-35(17-19-39)23-25(33(43)44-35)21-24-12-14-27(37)15-13-24/h3-4,6-10,12-15,22,25H,1-2,5,11,16-21,23H2. The van der Waals surface area contributed by atoms with Crippen LogP contribution in [0.1, 0.15) is 50.5 Å². The lowest BCUT2D eigenvalue weighted by atomic mass is 9.83. The van der Waals surface area contributed by atoms with Crippen LogP contribution in [0.15, 0.2) is 82.7 Å². The van der Waals surface area contributed by atoms with Crippen molar-refractivity contribution in [3.8, 4) is 5.69 Å². The molecule has 45 heavy (non-hydrogen) atoms. The summed E-state index contributed by atoms with van der Waals surface area (Å²) in [4.78, 5) is 45.7. The van der Waals surface area contributed by atoms with Crippen molar-refractivity contribution >= 4 is 46.1 Å². The second-order valence-electron chi connectivity index (χ2n) is 11.9. The van der Waals surface area contributed by atoms with Crippen LogP contribution < -0.4 is 5.56 Å². The van der Waals surface area contributed by atoms with Crippen LogP contribution in [0, 0.1) is 11.7 Å². The first kappa shape index (κ1) is 31.3. The number of ether oxygens (including phenoxy) is 1. The van der Waals surface area contributed by atoms with E-state index >= 15 is 0 Å². The molecule has 10 heteroatoms. The third-order valence-electron chi connectivity index (χ3n) is 8.77. The van der Waals surface area contributed by atoms with Crippen LogP contribution in [0.4, 0.5) is 4.39 Å². The monoisotopic (exact) mass is 647 g/mol. The molecule has 2 aliphatic heterocycles. The van der Waals surface area contributed by atoms with Crippen molar-refractivity contribution in [2.75, 3.05) is 18.8 Å². The molecular formula is C35H35ClFN3O4S. The van der Waals surface area contributed by atoms with Gasteiger partial charge in [-0.05, 0) is 67.3 Å². The summed E-state index contributed by atoms with van der Waals surface area (Å²) in [5.41, 5.74) is 1.63. The fourth-order valence-corrected chi connectivity index (χ4v) is 7.53. The fourth-order valence-electron chi connectivity index (χ4n) is 6.33. The Labute approximate surface area is 270 Å². The molecule has 0 bridgehead atoms. The molecule has 1 unspecified atom stereocenters. The number of hydrogen-bond acceptors (Lipinski definition) is 6. The van der Waals surface area contributed by atoms with E-state index in [-0.39, 0.29) is 29.2 Å². The molecule has 1 aromatic heterocycles. The molecule has 0 radical (unpaired) electrons. The van der Waals surface area contributed by atoms with Crippen LogP contribution in [0.25, 0.3) is 16.6 Å². The molecule has 2 aliphatic rings. The Kier molecular flexibility index (Phi) is 9.56. The Bertz CT molecular complexity index is 1750. The SMILES string of the molecule is O=C1OC2(CCN(C(=O)CCCCCSc3nc4ccccc4c(=O)n3-c3cccc(Cl)c3)CC2)CC1Cc1ccc(F)cc1. The number of fused-ring (bicyclic) bond motifs is 1. The lowest BCUT2D eigenvalue weighted by Gasteiger charge is -2.38. The molecule has 4 aromatic rings. The summed E-state index contributed by atoms with van der Waals surface area (Å²) in [7, 11) is 0. The van der Waals surface area contributed by atoms with E-state index in [2.05, 4.69) is 0 Å². The van der Waals surface area contributed by atoms with Gasteiger partial charge in [0.05, 0.1) is 22.5 Å². The Morgan fingerprint density at radius 3 is 2.56 bits per heavy atom. The first-order chi connectivity index (χ1) is 21.8.